The SMILES string of the molecule is C.O=C(O)Cc1ccc2c([nH]c3ccccc32)c1Cl. The molecule has 1 aromatic heterocycles. The summed E-state index contributed by atoms with van der Waals surface area (Å²) in [6.07, 6.45) is -0.0653. The highest BCUT2D eigenvalue weighted by molar-refractivity contribution is 6.37. The van der Waals surface area contributed by atoms with Crippen LogP contribution in [0.25, 0.3) is 21.8 Å². The second-order valence-corrected chi connectivity index (χ2v) is 4.58. The maximum Gasteiger partial charge on any atom is 0.307 e. The molecule has 0 amide bonds. The zero-order valence-electron chi connectivity index (χ0n) is 9.40. The second-order valence-electron chi connectivity index (χ2n) is 4.20. The van der Waals surface area contributed by atoms with Crippen molar-refractivity contribution in [1.29, 1.82) is 0 Å². The summed E-state index contributed by atoms with van der Waals surface area (Å²) in [4.78, 5) is 14.0. The zero-order valence-corrected chi connectivity index (χ0v) is 10.2. The van der Waals surface area contributed by atoms with Gasteiger partial charge in [0.2, 0.25) is 0 Å². The number of halogens is 1. The van der Waals surface area contributed by atoms with E-state index in [9.17, 15) is 4.79 Å². The van der Waals surface area contributed by atoms with Gasteiger partial charge >= 0.3 is 5.97 Å². The molecular weight excluding hydrogens is 262 g/mol. The van der Waals surface area contributed by atoms with Crippen LogP contribution in [0.1, 0.15) is 13.0 Å². The number of aromatic amines is 1. The van der Waals surface area contributed by atoms with Crippen molar-refractivity contribution in [1.82, 2.24) is 4.98 Å². The molecule has 1 heterocycles. The van der Waals surface area contributed by atoms with Crippen LogP contribution in [-0.2, 0) is 11.2 Å². The highest BCUT2D eigenvalue weighted by atomic mass is 35.5. The first-order valence-corrected chi connectivity index (χ1v) is 5.94. The molecule has 3 rings (SSSR count). The van der Waals surface area contributed by atoms with Crippen LogP contribution in [0.2, 0.25) is 5.02 Å². The Morgan fingerprint density at radius 2 is 1.89 bits per heavy atom. The topological polar surface area (TPSA) is 53.1 Å². The van der Waals surface area contributed by atoms with E-state index in [0.717, 1.165) is 21.8 Å². The Hall–Kier alpha value is -2.00. The van der Waals surface area contributed by atoms with Crippen molar-refractivity contribution >= 4 is 39.4 Å². The summed E-state index contributed by atoms with van der Waals surface area (Å²) in [5.74, 6) is -0.882. The third-order valence-electron chi connectivity index (χ3n) is 3.04. The number of benzene rings is 2. The molecule has 0 unspecified atom stereocenters. The summed E-state index contributed by atoms with van der Waals surface area (Å²) < 4.78 is 0. The molecule has 3 nitrogen and oxygen atoms in total. The van der Waals surface area contributed by atoms with Crippen LogP contribution in [0.5, 0.6) is 0 Å². The largest absolute Gasteiger partial charge is 0.481 e. The number of H-pyrrole nitrogens is 1. The van der Waals surface area contributed by atoms with Gasteiger partial charge in [-0.1, -0.05) is 49.4 Å². The fourth-order valence-corrected chi connectivity index (χ4v) is 2.51. The first-order chi connectivity index (χ1) is 8.66. The summed E-state index contributed by atoms with van der Waals surface area (Å²) >= 11 is 6.26. The lowest BCUT2D eigenvalue weighted by atomic mass is 10.1. The highest BCUT2D eigenvalue weighted by Crippen LogP contribution is 2.32. The summed E-state index contributed by atoms with van der Waals surface area (Å²) in [7, 11) is 0. The number of para-hydroxylation sites is 1. The normalized spacial score (nSPS) is 10.6. The Balaban J connectivity index is 0.00000133. The number of carbonyl (C=O) groups is 1. The lowest BCUT2D eigenvalue weighted by Crippen LogP contribution is -2.00. The predicted molar refractivity (Wildman–Crippen MR) is 78.9 cm³/mol. The van der Waals surface area contributed by atoms with Crippen molar-refractivity contribution in [3.05, 3.63) is 47.0 Å². The van der Waals surface area contributed by atoms with Gasteiger partial charge in [-0.2, -0.15) is 0 Å². The molecule has 4 heteroatoms. The van der Waals surface area contributed by atoms with Gasteiger partial charge in [0.25, 0.3) is 0 Å². The van der Waals surface area contributed by atoms with E-state index < -0.39 is 5.97 Å². The van der Waals surface area contributed by atoms with Crippen LogP contribution in [0.3, 0.4) is 0 Å². The van der Waals surface area contributed by atoms with Crippen LogP contribution >= 0.6 is 11.6 Å². The average molecular weight is 276 g/mol. The van der Waals surface area contributed by atoms with Crippen molar-refractivity contribution in [2.45, 2.75) is 13.8 Å². The van der Waals surface area contributed by atoms with E-state index in [-0.39, 0.29) is 13.8 Å². The Kier molecular flexibility index (Phi) is 3.49. The predicted octanol–water partition coefficient (Wildman–Crippen LogP) is 4.24. The summed E-state index contributed by atoms with van der Waals surface area (Å²) in [5.41, 5.74) is 2.43. The van der Waals surface area contributed by atoms with Crippen LogP contribution in [0.4, 0.5) is 0 Å². The number of aromatic nitrogens is 1. The van der Waals surface area contributed by atoms with Gasteiger partial charge in [0, 0.05) is 16.3 Å². The van der Waals surface area contributed by atoms with E-state index in [0.29, 0.717) is 10.6 Å². The molecule has 98 valence electrons. The smallest absolute Gasteiger partial charge is 0.307 e. The first-order valence-electron chi connectivity index (χ1n) is 5.56. The van der Waals surface area contributed by atoms with E-state index in [1.54, 1.807) is 6.07 Å². The Morgan fingerprint density at radius 3 is 2.63 bits per heavy atom. The van der Waals surface area contributed by atoms with E-state index in [2.05, 4.69) is 4.98 Å². The number of carboxylic acid groups (broad SMARTS) is 1. The monoisotopic (exact) mass is 275 g/mol. The van der Waals surface area contributed by atoms with Crippen molar-refractivity contribution in [2.75, 3.05) is 0 Å². The van der Waals surface area contributed by atoms with Gasteiger partial charge < -0.3 is 10.1 Å². The second kappa shape index (κ2) is 4.94. The number of carboxylic acids is 1. The van der Waals surface area contributed by atoms with Gasteiger partial charge in [0.05, 0.1) is 17.0 Å². The van der Waals surface area contributed by atoms with Crippen molar-refractivity contribution in [3.63, 3.8) is 0 Å². The van der Waals surface area contributed by atoms with Gasteiger partial charge in [0.1, 0.15) is 0 Å². The van der Waals surface area contributed by atoms with Crippen molar-refractivity contribution in [2.24, 2.45) is 0 Å². The van der Waals surface area contributed by atoms with Crippen molar-refractivity contribution in [3.8, 4) is 0 Å². The molecule has 3 aromatic rings. The average Bonchev–Trinajstić information content (AvgIpc) is 2.72. The quantitative estimate of drug-likeness (QED) is 0.735. The molecule has 0 aliphatic rings. The maximum absolute atomic E-state index is 10.8. The Labute approximate surface area is 115 Å². The number of hydrogen-bond donors (Lipinski definition) is 2. The highest BCUT2D eigenvalue weighted by Gasteiger charge is 2.12. The van der Waals surface area contributed by atoms with Crippen LogP contribution in [0.15, 0.2) is 36.4 Å². The standard InChI is InChI=1S/C14H10ClNO2.CH4/c15-13-8(7-12(17)18)5-6-10-9-3-1-2-4-11(9)16-14(10)13;/h1-6,16H,7H2,(H,17,18);1H4. The summed E-state index contributed by atoms with van der Waals surface area (Å²) in [5, 5.41) is 11.4. The number of fused-ring (bicyclic) bond motifs is 3. The Morgan fingerprint density at radius 1 is 1.16 bits per heavy atom. The molecule has 0 radical (unpaired) electrons. The van der Waals surface area contributed by atoms with Crippen molar-refractivity contribution < 1.29 is 9.90 Å². The zero-order chi connectivity index (χ0) is 12.7. The number of nitrogens with one attached hydrogen (secondary N) is 1. The fourth-order valence-electron chi connectivity index (χ4n) is 2.23. The molecule has 0 saturated carbocycles. The first kappa shape index (κ1) is 13.4. The lowest BCUT2D eigenvalue weighted by Gasteiger charge is -2.02. The van der Waals surface area contributed by atoms with Gasteiger partial charge in [-0.05, 0) is 11.6 Å². The van der Waals surface area contributed by atoms with Gasteiger partial charge in [-0.15, -0.1) is 0 Å². The summed E-state index contributed by atoms with van der Waals surface area (Å²) in [6, 6.07) is 11.6. The van der Waals surface area contributed by atoms with Gasteiger partial charge in [0.15, 0.2) is 0 Å². The minimum Gasteiger partial charge on any atom is -0.481 e. The molecule has 2 N–H and O–H groups in total. The van der Waals surface area contributed by atoms with Crippen LogP contribution < -0.4 is 0 Å². The number of aliphatic carboxylic acids is 1. The molecule has 0 fully saturated rings. The number of hydrogen-bond acceptors (Lipinski definition) is 1. The Bertz CT molecular complexity index is 761. The molecule has 0 spiro atoms. The van der Waals surface area contributed by atoms with Gasteiger partial charge in [-0.25, -0.2) is 0 Å². The molecule has 0 atom stereocenters. The van der Waals surface area contributed by atoms with Gasteiger partial charge in [-0.3, -0.25) is 4.79 Å². The molecule has 0 saturated heterocycles. The molecular formula is C15H14ClNO2. The fraction of sp³-hybridized carbons (Fsp3) is 0.133. The minimum absolute atomic E-state index is 0. The summed E-state index contributed by atoms with van der Waals surface area (Å²) in [6.45, 7) is 0. The molecule has 0 aliphatic carbocycles. The van der Waals surface area contributed by atoms with Crippen LogP contribution in [0, 0.1) is 0 Å². The third-order valence-corrected chi connectivity index (χ3v) is 3.47. The minimum atomic E-state index is -0.882. The molecule has 19 heavy (non-hydrogen) atoms. The molecule has 0 bridgehead atoms. The van der Waals surface area contributed by atoms with E-state index >= 15 is 0 Å². The lowest BCUT2D eigenvalue weighted by molar-refractivity contribution is -0.136. The molecule has 2 aromatic carbocycles. The van der Waals surface area contributed by atoms with Crippen LogP contribution in [-0.4, -0.2) is 16.1 Å². The third kappa shape index (κ3) is 2.17. The van der Waals surface area contributed by atoms with E-state index in [1.807, 2.05) is 30.3 Å². The van der Waals surface area contributed by atoms with E-state index in [1.165, 1.54) is 0 Å². The van der Waals surface area contributed by atoms with E-state index in [4.69, 9.17) is 16.7 Å². The number of rotatable bonds is 2. The molecule has 0 aliphatic heterocycles. The maximum atomic E-state index is 10.8.